The number of hydrogen-bond acceptors (Lipinski definition) is 0. The summed E-state index contributed by atoms with van der Waals surface area (Å²) in [5.74, 6) is 17.7. The van der Waals surface area contributed by atoms with Crippen LogP contribution in [0, 0.1) is 88.8 Å². The second kappa shape index (κ2) is 4.76. The molecule has 8 aliphatic rings. The standard InChI is InChI=1S/C26H38/c1-12(19-8-17-10-21(19)25-15-4-2-13(6-15)23(17)25)20-9-18-11-22(20)26-16-5-3-14(7-16)24(18)26/h12-26H,2-11H2,1H3. The van der Waals surface area contributed by atoms with Crippen LogP contribution in [0.3, 0.4) is 0 Å². The molecule has 0 saturated heterocycles. The number of rotatable bonds is 2. The predicted octanol–water partition coefficient (Wildman–Crippen LogP) is 6.26. The molecule has 8 bridgehead atoms. The minimum absolute atomic E-state index is 1.08. The van der Waals surface area contributed by atoms with Crippen LogP contribution in [-0.2, 0) is 0 Å². The van der Waals surface area contributed by atoms with Gasteiger partial charge in [-0.15, -0.1) is 0 Å². The van der Waals surface area contributed by atoms with Gasteiger partial charge < -0.3 is 0 Å². The van der Waals surface area contributed by atoms with Gasteiger partial charge in [0.1, 0.15) is 0 Å². The fourth-order valence-corrected chi connectivity index (χ4v) is 12.8. The van der Waals surface area contributed by atoms with Crippen molar-refractivity contribution >= 4 is 0 Å². The largest absolute Gasteiger partial charge is 0.0620 e. The maximum absolute atomic E-state index is 2.77. The first-order valence-corrected chi connectivity index (χ1v) is 12.8. The van der Waals surface area contributed by atoms with Crippen LogP contribution < -0.4 is 0 Å². The molecule has 0 aliphatic heterocycles. The lowest BCUT2D eigenvalue weighted by atomic mass is 9.59. The van der Waals surface area contributed by atoms with Gasteiger partial charge in [-0.2, -0.15) is 0 Å². The Labute approximate surface area is 160 Å². The average Bonchev–Trinajstić information content (AvgIpc) is 3.49. The predicted molar refractivity (Wildman–Crippen MR) is 104 cm³/mol. The Morgan fingerprint density at radius 1 is 0.462 bits per heavy atom. The lowest BCUT2D eigenvalue weighted by Crippen LogP contribution is -2.40. The summed E-state index contributed by atoms with van der Waals surface area (Å²) in [6, 6.07) is 0. The molecule has 0 aromatic rings. The van der Waals surface area contributed by atoms with E-state index in [0.29, 0.717) is 0 Å². The van der Waals surface area contributed by atoms with Crippen molar-refractivity contribution in [2.75, 3.05) is 0 Å². The zero-order valence-corrected chi connectivity index (χ0v) is 16.7. The van der Waals surface area contributed by atoms with Gasteiger partial charge in [0.2, 0.25) is 0 Å². The van der Waals surface area contributed by atoms with E-state index in [1.807, 2.05) is 0 Å². The molecule has 8 saturated carbocycles. The van der Waals surface area contributed by atoms with Crippen LogP contribution in [0.5, 0.6) is 0 Å². The molecular formula is C26H38. The van der Waals surface area contributed by atoms with Gasteiger partial charge in [-0.1, -0.05) is 6.92 Å². The van der Waals surface area contributed by atoms with Crippen LogP contribution in [0.1, 0.15) is 71.1 Å². The van der Waals surface area contributed by atoms with Crippen LogP contribution in [-0.4, -0.2) is 0 Å². The van der Waals surface area contributed by atoms with Crippen LogP contribution in [0.4, 0.5) is 0 Å². The Bertz CT molecular complexity index is 582. The molecule has 8 aliphatic carbocycles. The van der Waals surface area contributed by atoms with E-state index >= 15 is 0 Å². The maximum Gasteiger partial charge on any atom is -0.0321 e. The van der Waals surface area contributed by atoms with Gasteiger partial charge in [0.05, 0.1) is 0 Å². The molecule has 8 fully saturated rings. The molecule has 0 radical (unpaired) electrons. The summed E-state index contributed by atoms with van der Waals surface area (Å²) in [4.78, 5) is 0. The molecule has 0 heteroatoms. The van der Waals surface area contributed by atoms with Crippen molar-refractivity contribution in [1.82, 2.24) is 0 Å². The lowest BCUT2D eigenvalue weighted by Gasteiger charge is -2.46. The molecule has 26 heavy (non-hydrogen) atoms. The number of hydrogen-bond donors (Lipinski definition) is 0. The van der Waals surface area contributed by atoms with Crippen LogP contribution >= 0.6 is 0 Å². The van der Waals surface area contributed by atoms with Crippen molar-refractivity contribution in [2.24, 2.45) is 88.8 Å². The fourth-order valence-electron chi connectivity index (χ4n) is 12.8. The highest BCUT2D eigenvalue weighted by Gasteiger charge is 2.66. The molecular weight excluding hydrogens is 312 g/mol. The molecule has 0 aromatic carbocycles. The smallest absolute Gasteiger partial charge is 0.0321 e. The zero-order valence-electron chi connectivity index (χ0n) is 16.7. The summed E-state index contributed by atoms with van der Waals surface area (Å²) in [7, 11) is 0. The highest BCUT2D eigenvalue weighted by molar-refractivity contribution is 5.15. The second-order valence-corrected chi connectivity index (χ2v) is 13.0. The van der Waals surface area contributed by atoms with Crippen molar-refractivity contribution in [3.8, 4) is 0 Å². The molecule has 0 amide bonds. The first-order valence-electron chi connectivity index (χ1n) is 12.8. The summed E-state index contributed by atoms with van der Waals surface area (Å²) >= 11 is 0. The third-order valence-electron chi connectivity index (χ3n) is 12.9. The van der Waals surface area contributed by atoms with Crippen molar-refractivity contribution in [3.63, 3.8) is 0 Å². The Balaban J connectivity index is 1.06. The molecule has 0 heterocycles. The summed E-state index contributed by atoms with van der Waals surface area (Å²) in [5.41, 5.74) is 0. The topological polar surface area (TPSA) is 0 Å². The number of fused-ring (bicyclic) bond motifs is 18. The van der Waals surface area contributed by atoms with E-state index in [2.05, 4.69) is 6.92 Å². The van der Waals surface area contributed by atoms with E-state index in [0.717, 1.165) is 17.8 Å². The molecule has 14 unspecified atom stereocenters. The fraction of sp³-hybridized carbons (Fsp3) is 1.00. The Morgan fingerprint density at radius 3 is 1.35 bits per heavy atom. The van der Waals surface area contributed by atoms with Gasteiger partial charge in [-0.3, -0.25) is 0 Å². The van der Waals surface area contributed by atoms with Gasteiger partial charge in [0.25, 0.3) is 0 Å². The van der Waals surface area contributed by atoms with Gasteiger partial charge in [0.15, 0.2) is 0 Å². The SMILES string of the molecule is CC(C1CC2CC1C1C3CCC(C3)C21)C1CC2CC1C1C3CCC(C3)C21. The first-order chi connectivity index (χ1) is 12.8. The molecule has 0 nitrogen and oxygen atoms in total. The van der Waals surface area contributed by atoms with Crippen molar-refractivity contribution in [2.45, 2.75) is 71.1 Å². The third-order valence-corrected chi connectivity index (χ3v) is 12.9. The lowest BCUT2D eigenvalue weighted by molar-refractivity contribution is 0.0209. The van der Waals surface area contributed by atoms with Gasteiger partial charge in [-0.25, -0.2) is 0 Å². The first kappa shape index (κ1) is 14.9. The summed E-state index contributed by atoms with van der Waals surface area (Å²) in [5, 5.41) is 0. The monoisotopic (exact) mass is 350 g/mol. The van der Waals surface area contributed by atoms with E-state index in [9.17, 15) is 0 Å². The van der Waals surface area contributed by atoms with Crippen LogP contribution in [0.25, 0.3) is 0 Å². The maximum atomic E-state index is 2.77. The normalized spacial score (nSPS) is 69.6. The quantitative estimate of drug-likeness (QED) is 0.516. The summed E-state index contributed by atoms with van der Waals surface area (Å²) in [6.45, 7) is 2.77. The molecule has 142 valence electrons. The van der Waals surface area contributed by atoms with Crippen molar-refractivity contribution in [1.29, 1.82) is 0 Å². The van der Waals surface area contributed by atoms with Crippen LogP contribution in [0.2, 0.25) is 0 Å². The minimum Gasteiger partial charge on any atom is -0.0620 e. The molecule has 0 spiro atoms. The van der Waals surface area contributed by atoms with E-state index in [1.54, 1.807) is 64.2 Å². The molecule has 0 N–H and O–H groups in total. The Hall–Kier alpha value is 0. The van der Waals surface area contributed by atoms with Crippen LogP contribution in [0.15, 0.2) is 0 Å². The van der Waals surface area contributed by atoms with Gasteiger partial charge >= 0.3 is 0 Å². The van der Waals surface area contributed by atoms with E-state index in [4.69, 9.17) is 0 Å². The molecule has 8 rings (SSSR count). The minimum atomic E-state index is 1.08. The van der Waals surface area contributed by atoms with Gasteiger partial charge in [0, 0.05) is 0 Å². The zero-order chi connectivity index (χ0) is 16.7. The third kappa shape index (κ3) is 1.57. The molecule has 0 aromatic heterocycles. The highest BCUT2D eigenvalue weighted by Crippen LogP contribution is 2.73. The summed E-state index contributed by atoms with van der Waals surface area (Å²) < 4.78 is 0. The molecule has 14 atom stereocenters. The van der Waals surface area contributed by atoms with E-state index in [1.165, 1.54) is 71.0 Å². The Kier molecular flexibility index (Phi) is 2.73. The second-order valence-electron chi connectivity index (χ2n) is 13.0. The van der Waals surface area contributed by atoms with Crippen molar-refractivity contribution < 1.29 is 0 Å². The van der Waals surface area contributed by atoms with Crippen molar-refractivity contribution in [3.05, 3.63) is 0 Å². The van der Waals surface area contributed by atoms with E-state index < -0.39 is 0 Å². The van der Waals surface area contributed by atoms with E-state index in [-0.39, 0.29) is 0 Å². The average molecular weight is 351 g/mol. The Morgan fingerprint density at radius 2 is 0.885 bits per heavy atom. The summed E-state index contributed by atoms with van der Waals surface area (Å²) in [6.07, 6.45) is 16.5. The highest BCUT2D eigenvalue weighted by atomic mass is 14.7. The van der Waals surface area contributed by atoms with Gasteiger partial charge in [-0.05, 0) is 153 Å².